The second-order valence-corrected chi connectivity index (χ2v) is 7.09. The van der Waals surface area contributed by atoms with Gasteiger partial charge >= 0.3 is 0 Å². The number of hydrogen-bond donors (Lipinski definition) is 0. The molecule has 0 amide bonds. The summed E-state index contributed by atoms with van der Waals surface area (Å²) in [6.07, 6.45) is 1.79. The molecule has 0 radical (unpaired) electrons. The summed E-state index contributed by atoms with van der Waals surface area (Å²) in [7, 11) is 1.68. The molecule has 27 heavy (non-hydrogen) atoms. The molecule has 1 aromatic carbocycles. The van der Waals surface area contributed by atoms with Crippen LogP contribution in [0, 0.1) is 0 Å². The van der Waals surface area contributed by atoms with Crippen LogP contribution in [0.25, 0.3) is 10.8 Å². The van der Waals surface area contributed by atoms with Crippen LogP contribution in [0.15, 0.2) is 28.9 Å². The minimum Gasteiger partial charge on any atom is -0.497 e. The molecule has 1 fully saturated rings. The normalized spacial score (nSPS) is 15.6. The molecule has 1 saturated heterocycles. The molecule has 0 saturated carbocycles. The van der Waals surface area contributed by atoms with Crippen LogP contribution in [-0.2, 0) is 6.54 Å². The Morgan fingerprint density at radius 3 is 2.70 bits per heavy atom. The summed E-state index contributed by atoms with van der Waals surface area (Å²) in [6.45, 7) is 8.36. The highest BCUT2D eigenvalue weighted by atomic mass is 16.5. The smallest absolute Gasteiger partial charge is 0.240 e. The van der Waals surface area contributed by atoms with Crippen LogP contribution in [0.2, 0.25) is 0 Å². The third-order valence-corrected chi connectivity index (χ3v) is 4.88. The second-order valence-electron chi connectivity index (χ2n) is 7.09. The number of aromatic nitrogens is 4. The molecule has 0 spiro atoms. The quantitative estimate of drug-likeness (QED) is 0.679. The van der Waals surface area contributed by atoms with E-state index >= 15 is 0 Å². The number of fused-ring (bicyclic) bond motifs is 1. The van der Waals surface area contributed by atoms with Crippen molar-refractivity contribution in [3.63, 3.8) is 0 Å². The van der Waals surface area contributed by atoms with Crippen molar-refractivity contribution in [1.82, 2.24) is 25.2 Å². The van der Waals surface area contributed by atoms with E-state index < -0.39 is 0 Å². The molecule has 3 aromatic rings. The first-order valence-corrected chi connectivity index (χ1v) is 9.23. The van der Waals surface area contributed by atoms with E-state index in [1.54, 1.807) is 13.3 Å². The van der Waals surface area contributed by atoms with Crippen LogP contribution in [-0.4, -0.2) is 58.5 Å². The van der Waals surface area contributed by atoms with Gasteiger partial charge in [0.25, 0.3) is 0 Å². The van der Waals surface area contributed by atoms with Crippen LogP contribution in [0.4, 0.5) is 5.82 Å². The zero-order valence-electron chi connectivity index (χ0n) is 15.9. The van der Waals surface area contributed by atoms with Gasteiger partial charge in [0, 0.05) is 42.9 Å². The van der Waals surface area contributed by atoms with Crippen LogP contribution in [0.1, 0.15) is 31.5 Å². The lowest BCUT2D eigenvalue weighted by atomic mass is 10.1. The average molecular weight is 368 g/mol. The largest absolute Gasteiger partial charge is 0.497 e. The van der Waals surface area contributed by atoms with Crippen LogP contribution in [0.3, 0.4) is 0 Å². The first-order valence-electron chi connectivity index (χ1n) is 9.23. The maximum Gasteiger partial charge on any atom is 0.240 e. The van der Waals surface area contributed by atoms with Crippen molar-refractivity contribution in [3.8, 4) is 5.75 Å². The molecule has 1 aliphatic rings. The van der Waals surface area contributed by atoms with Gasteiger partial charge in [-0.15, -0.1) is 5.10 Å². The molecular weight excluding hydrogens is 344 g/mol. The summed E-state index contributed by atoms with van der Waals surface area (Å²) in [5, 5.41) is 14.7. The Morgan fingerprint density at radius 2 is 2.00 bits per heavy atom. The summed E-state index contributed by atoms with van der Waals surface area (Å²) in [6, 6.07) is 5.99. The van der Waals surface area contributed by atoms with Gasteiger partial charge in [0.05, 0.1) is 19.9 Å². The SMILES string of the molecule is COc1ccc2cnnc(N3CCN(Cc4nc(C(C)C)no4)CC3)c2c1. The van der Waals surface area contributed by atoms with Crippen molar-refractivity contribution in [2.24, 2.45) is 0 Å². The van der Waals surface area contributed by atoms with E-state index in [0.717, 1.165) is 54.3 Å². The molecular formula is C19H24N6O2. The molecule has 0 unspecified atom stereocenters. The number of benzene rings is 1. The van der Waals surface area contributed by atoms with Crippen molar-refractivity contribution in [3.05, 3.63) is 36.1 Å². The van der Waals surface area contributed by atoms with Gasteiger partial charge in [0.1, 0.15) is 5.75 Å². The molecule has 8 nitrogen and oxygen atoms in total. The number of hydrogen-bond acceptors (Lipinski definition) is 8. The number of ether oxygens (including phenoxy) is 1. The summed E-state index contributed by atoms with van der Waals surface area (Å²) < 4.78 is 10.7. The highest BCUT2D eigenvalue weighted by Gasteiger charge is 2.22. The molecule has 0 atom stereocenters. The Hall–Kier alpha value is -2.74. The number of nitrogens with zero attached hydrogens (tertiary/aromatic N) is 6. The monoisotopic (exact) mass is 368 g/mol. The Morgan fingerprint density at radius 1 is 1.19 bits per heavy atom. The van der Waals surface area contributed by atoms with E-state index in [-0.39, 0.29) is 5.92 Å². The number of methoxy groups -OCH3 is 1. The molecule has 0 bridgehead atoms. The predicted molar refractivity (Wildman–Crippen MR) is 102 cm³/mol. The van der Waals surface area contributed by atoms with Crippen molar-refractivity contribution < 1.29 is 9.26 Å². The van der Waals surface area contributed by atoms with Crippen LogP contribution < -0.4 is 9.64 Å². The van der Waals surface area contributed by atoms with E-state index in [1.165, 1.54) is 0 Å². The third-order valence-electron chi connectivity index (χ3n) is 4.88. The molecule has 0 aliphatic carbocycles. The van der Waals surface area contributed by atoms with E-state index in [9.17, 15) is 0 Å². The Balaban J connectivity index is 1.45. The summed E-state index contributed by atoms with van der Waals surface area (Å²) >= 11 is 0. The lowest BCUT2D eigenvalue weighted by molar-refractivity contribution is 0.215. The Kier molecular flexibility index (Phi) is 4.89. The number of rotatable bonds is 5. The predicted octanol–water partition coefficient (Wildman–Crippen LogP) is 2.47. The van der Waals surface area contributed by atoms with E-state index in [1.807, 2.05) is 18.2 Å². The second kappa shape index (κ2) is 7.48. The number of piperazine rings is 1. The maximum absolute atomic E-state index is 5.37. The lowest BCUT2D eigenvalue weighted by Gasteiger charge is -2.34. The Labute approximate surface area is 158 Å². The van der Waals surface area contributed by atoms with Gasteiger partial charge in [-0.2, -0.15) is 10.1 Å². The zero-order chi connectivity index (χ0) is 18.8. The standard InChI is InChI=1S/C19H24N6O2/c1-13(2)18-21-17(27-23-18)12-24-6-8-25(9-7-24)19-16-10-15(26-3)5-4-14(16)11-20-22-19/h4-5,10-11,13H,6-9,12H2,1-3H3. The van der Waals surface area contributed by atoms with Gasteiger partial charge in [0.15, 0.2) is 11.6 Å². The molecule has 2 aromatic heterocycles. The molecule has 8 heteroatoms. The fourth-order valence-corrected chi connectivity index (χ4v) is 3.28. The fourth-order valence-electron chi connectivity index (χ4n) is 3.28. The minimum absolute atomic E-state index is 0.279. The van der Waals surface area contributed by atoms with Crippen molar-refractivity contribution in [1.29, 1.82) is 0 Å². The summed E-state index contributed by atoms with van der Waals surface area (Å²) in [4.78, 5) is 9.07. The maximum atomic E-state index is 5.37. The fraction of sp³-hybridized carbons (Fsp3) is 0.474. The lowest BCUT2D eigenvalue weighted by Crippen LogP contribution is -2.46. The van der Waals surface area contributed by atoms with E-state index in [2.05, 4.69) is 44.0 Å². The van der Waals surface area contributed by atoms with Gasteiger partial charge in [0.2, 0.25) is 5.89 Å². The van der Waals surface area contributed by atoms with Crippen molar-refractivity contribution in [2.45, 2.75) is 26.3 Å². The zero-order valence-corrected chi connectivity index (χ0v) is 15.9. The van der Waals surface area contributed by atoms with Gasteiger partial charge < -0.3 is 14.2 Å². The third kappa shape index (κ3) is 3.71. The number of anilines is 1. The average Bonchev–Trinajstić information content (AvgIpc) is 3.16. The van der Waals surface area contributed by atoms with Crippen LogP contribution in [0.5, 0.6) is 5.75 Å². The summed E-state index contributed by atoms with van der Waals surface area (Å²) in [5.41, 5.74) is 0. The highest BCUT2D eigenvalue weighted by Crippen LogP contribution is 2.28. The minimum atomic E-state index is 0.279. The molecule has 3 heterocycles. The van der Waals surface area contributed by atoms with Gasteiger partial charge in [-0.3, -0.25) is 4.90 Å². The van der Waals surface area contributed by atoms with Crippen molar-refractivity contribution >= 4 is 16.6 Å². The molecule has 1 aliphatic heterocycles. The molecule has 4 rings (SSSR count). The molecule has 142 valence electrons. The van der Waals surface area contributed by atoms with E-state index in [4.69, 9.17) is 9.26 Å². The van der Waals surface area contributed by atoms with E-state index in [0.29, 0.717) is 12.4 Å². The van der Waals surface area contributed by atoms with Gasteiger partial charge in [-0.05, 0) is 18.2 Å². The Bertz CT molecular complexity index is 917. The summed E-state index contributed by atoms with van der Waals surface area (Å²) in [5.74, 6) is 3.46. The topological polar surface area (TPSA) is 80.4 Å². The van der Waals surface area contributed by atoms with Crippen LogP contribution >= 0.6 is 0 Å². The first-order chi connectivity index (χ1) is 13.1. The molecule has 0 N–H and O–H groups in total. The van der Waals surface area contributed by atoms with Gasteiger partial charge in [-0.1, -0.05) is 19.0 Å². The highest BCUT2D eigenvalue weighted by molar-refractivity contribution is 5.92. The van der Waals surface area contributed by atoms with Crippen molar-refractivity contribution in [2.75, 3.05) is 38.2 Å². The first kappa shape index (κ1) is 17.7. The van der Waals surface area contributed by atoms with Gasteiger partial charge in [-0.25, -0.2) is 0 Å².